The smallest absolute Gasteiger partial charge is 0.124 e. The highest BCUT2D eigenvalue weighted by Crippen LogP contribution is 2.20. The molecule has 1 rings (SSSR count). The number of hydrogen-bond acceptors (Lipinski definition) is 2. The number of carbonyl (C=O) groups excluding carboxylic acids is 1. The topological polar surface area (TPSA) is 26.3 Å². The summed E-state index contributed by atoms with van der Waals surface area (Å²) < 4.78 is 5.97. The largest absolute Gasteiger partial charge is 0.497 e. The summed E-state index contributed by atoms with van der Waals surface area (Å²) in [5, 5.41) is 0. The molecule has 0 amide bonds. The van der Waals surface area contributed by atoms with Crippen LogP contribution in [0.15, 0.2) is 22.7 Å². The second-order valence-electron chi connectivity index (χ2n) is 2.37. The van der Waals surface area contributed by atoms with Gasteiger partial charge < -0.3 is 9.53 Å². The van der Waals surface area contributed by atoms with Gasteiger partial charge in [0.25, 0.3) is 0 Å². The summed E-state index contributed by atoms with van der Waals surface area (Å²) in [6.07, 6.45) is 1.30. The number of ether oxygens (including phenoxy) is 1. The second-order valence-corrected chi connectivity index (χ2v) is 3.29. The molecule has 0 heterocycles. The molecule has 12 heavy (non-hydrogen) atoms. The minimum atomic E-state index is 0.426. The van der Waals surface area contributed by atoms with E-state index in [0.717, 1.165) is 22.1 Å². The van der Waals surface area contributed by atoms with Crippen molar-refractivity contribution in [3.63, 3.8) is 0 Å². The van der Waals surface area contributed by atoms with E-state index in [0.29, 0.717) is 6.42 Å². The predicted octanol–water partition coefficient (Wildman–Crippen LogP) is 2.20. The third-order valence-electron chi connectivity index (χ3n) is 1.49. The molecule has 0 aromatic heterocycles. The molecule has 0 spiro atoms. The fraction of sp³-hybridized carbons (Fsp3) is 0.222. The molecular formula is C9H9BrO2. The average Bonchev–Trinajstić information content (AvgIpc) is 2.04. The Labute approximate surface area is 79.7 Å². The molecule has 0 bridgehead atoms. The standard InChI is InChI=1S/C9H9BrO2/c1-12-9-5-7(2-3-11)4-8(10)6-9/h3-6H,2H2,1H3. The van der Waals surface area contributed by atoms with Crippen LogP contribution in [0, 0.1) is 0 Å². The van der Waals surface area contributed by atoms with E-state index in [1.54, 1.807) is 7.11 Å². The summed E-state index contributed by atoms with van der Waals surface area (Å²) in [4.78, 5) is 10.2. The molecule has 0 N–H and O–H groups in total. The van der Waals surface area contributed by atoms with Crippen LogP contribution in [0.5, 0.6) is 5.75 Å². The maximum absolute atomic E-state index is 10.2. The third kappa shape index (κ3) is 2.34. The van der Waals surface area contributed by atoms with E-state index in [1.807, 2.05) is 18.2 Å². The number of aldehydes is 1. The lowest BCUT2D eigenvalue weighted by Crippen LogP contribution is -1.88. The minimum Gasteiger partial charge on any atom is -0.497 e. The first-order chi connectivity index (χ1) is 5.76. The van der Waals surface area contributed by atoms with E-state index in [4.69, 9.17) is 4.74 Å². The molecule has 0 radical (unpaired) electrons. The molecule has 3 heteroatoms. The molecule has 0 aliphatic rings. The lowest BCUT2D eigenvalue weighted by atomic mass is 10.2. The average molecular weight is 229 g/mol. The number of hydrogen-bond donors (Lipinski definition) is 0. The lowest BCUT2D eigenvalue weighted by molar-refractivity contribution is -0.107. The molecule has 0 fully saturated rings. The van der Waals surface area contributed by atoms with Crippen LogP contribution < -0.4 is 4.74 Å². The van der Waals surface area contributed by atoms with Gasteiger partial charge in [0.05, 0.1) is 7.11 Å². The van der Waals surface area contributed by atoms with Crippen molar-refractivity contribution in [1.82, 2.24) is 0 Å². The fourth-order valence-electron chi connectivity index (χ4n) is 0.953. The van der Waals surface area contributed by atoms with Crippen molar-refractivity contribution in [2.45, 2.75) is 6.42 Å². The molecule has 0 aliphatic heterocycles. The van der Waals surface area contributed by atoms with Crippen LogP contribution in [0.3, 0.4) is 0 Å². The first kappa shape index (κ1) is 9.26. The highest BCUT2D eigenvalue weighted by molar-refractivity contribution is 9.10. The Morgan fingerprint density at radius 3 is 2.83 bits per heavy atom. The Hall–Kier alpha value is -0.830. The maximum atomic E-state index is 10.2. The fourth-order valence-corrected chi connectivity index (χ4v) is 1.47. The van der Waals surface area contributed by atoms with Gasteiger partial charge in [-0.1, -0.05) is 15.9 Å². The molecule has 0 atom stereocenters. The van der Waals surface area contributed by atoms with Crippen molar-refractivity contribution in [2.75, 3.05) is 7.11 Å². The van der Waals surface area contributed by atoms with Crippen LogP contribution in [-0.2, 0) is 11.2 Å². The van der Waals surface area contributed by atoms with Crippen molar-refractivity contribution < 1.29 is 9.53 Å². The Kier molecular flexibility index (Phi) is 3.29. The first-order valence-electron chi connectivity index (χ1n) is 3.53. The molecule has 0 saturated heterocycles. The molecule has 64 valence electrons. The van der Waals surface area contributed by atoms with E-state index in [2.05, 4.69) is 15.9 Å². The summed E-state index contributed by atoms with van der Waals surface area (Å²) in [5.41, 5.74) is 0.955. The van der Waals surface area contributed by atoms with Crippen LogP contribution in [0.2, 0.25) is 0 Å². The van der Waals surface area contributed by atoms with Gasteiger partial charge in [-0.25, -0.2) is 0 Å². The quantitative estimate of drug-likeness (QED) is 0.742. The number of halogens is 1. The van der Waals surface area contributed by atoms with E-state index in [-0.39, 0.29) is 0 Å². The first-order valence-corrected chi connectivity index (χ1v) is 4.32. The van der Waals surface area contributed by atoms with E-state index < -0.39 is 0 Å². The Bertz CT molecular complexity index is 284. The highest BCUT2D eigenvalue weighted by Gasteiger charge is 1.98. The SMILES string of the molecule is COc1cc(Br)cc(CC=O)c1. The van der Waals surface area contributed by atoms with E-state index >= 15 is 0 Å². The minimum absolute atomic E-state index is 0.426. The molecular weight excluding hydrogens is 220 g/mol. The van der Waals surface area contributed by atoms with Gasteiger partial charge in [0.15, 0.2) is 0 Å². The summed E-state index contributed by atoms with van der Waals surface area (Å²) in [6.45, 7) is 0. The Morgan fingerprint density at radius 1 is 1.50 bits per heavy atom. The molecule has 0 aliphatic carbocycles. The van der Waals surface area contributed by atoms with Gasteiger partial charge in [-0.3, -0.25) is 0 Å². The highest BCUT2D eigenvalue weighted by atomic mass is 79.9. The number of benzene rings is 1. The monoisotopic (exact) mass is 228 g/mol. The zero-order valence-corrected chi connectivity index (χ0v) is 8.30. The summed E-state index contributed by atoms with van der Waals surface area (Å²) >= 11 is 3.33. The molecule has 0 saturated carbocycles. The van der Waals surface area contributed by atoms with Gasteiger partial charge >= 0.3 is 0 Å². The second kappa shape index (κ2) is 4.26. The van der Waals surface area contributed by atoms with Gasteiger partial charge in [0.2, 0.25) is 0 Å². The maximum Gasteiger partial charge on any atom is 0.124 e. The van der Waals surface area contributed by atoms with E-state index in [1.165, 1.54) is 0 Å². The van der Waals surface area contributed by atoms with Crippen LogP contribution in [0.1, 0.15) is 5.56 Å². The zero-order valence-electron chi connectivity index (χ0n) is 6.71. The van der Waals surface area contributed by atoms with Gasteiger partial charge in [-0.15, -0.1) is 0 Å². The predicted molar refractivity (Wildman–Crippen MR) is 50.5 cm³/mol. The number of methoxy groups -OCH3 is 1. The summed E-state index contributed by atoms with van der Waals surface area (Å²) in [7, 11) is 1.60. The molecule has 0 unspecified atom stereocenters. The van der Waals surface area contributed by atoms with Crippen molar-refractivity contribution in [3.8, 4) is 5.75 Å². The van der Waals surface area contributed by atoms with Crippen LogP contribution in [0.25, 0.3) is 0 Å². The van der Waals surface area contributed by atoms with Crippen molar-refractivity contribution in [3.05, 3.63) is 28.2 Å². The van der Waals surface area contributed by atoms with Crippen LogP contribution in [-0.4, -0.2) is 13.4 Å². The van der Waals surface area contributed by atoms with Gasteiger partial charge in [-0.05, 0) is 23.8 Å². The van der Waals surface area contributed by atoms with Gasteiger partial charge in [0, 0.05) is 10.9 Å². The van der Waals surface area contributed by atoms with Crippen LogP contribution >= 0.6 is 15.9 Å². The normalized spacial score (nSPS) is 9.50. The van der Waals surface area contributed by atoms with Crippen LogP contribution in [0.4, 0.5) is 0 Å². The molecule has 2 nitrogen and oxygen atoms in total. The van der Waals surface area contributed by atoms with Crippen molar-refractivity contribution in [1.29, 1.82) is 0 Å². The number of rotatable bonds is 3. The van der Waals surface area contributed by atoms with Crippen molar-refractivity contribution in [2.24, 2.45) is 0 Å². The summed E-state index contributed by atoms with van der Waals surface area (Å²) in [6, 6.07) is 5.60. The molecule has 1 aromatic carbocycles. The summed E-state index contributed by atoms with van der Waals surface area (Å²) in [5.74, 6) is 0.765. The van der Waals surface area contributed by atoms with Gasteiger partial charge in [-0.2, -0.15) is 0 Å². The third-order valence-corrected chi connectivity index (χ3v) is 1.94. The van der Waals surface area contributed by atoms with Crippen molar-refractivity contribution >= 4 is 22.2 Å². The lowest BCUT2D eigenvalue weighted by Gasteiger charge is -2.02. The molecule has 1 aromatic rings. The Balaban J connectivity index is 2.97. The van der Waals surface area contributed by atoms with Gasteiger partial charge in [0.1, 0.15) is 12.0 Å². The Morgan fingerprint density at radius 2 is 2.25 bits per heavy atom. The zero-order chi connectivity index (χ0) is 8.97. The van der Waals surface area contributed by atoms with E-state index in [9.17, 15) is 4.79 Å². The number of carbonyl (C=O) groups is 1.